The number of fused-ring (bicyclic) bond motifs is 2. The molecule has 0 radical (unpaired) electrons. The van der Waals surface area contributed by atoms with Crippen LogP contribution in [0.25, 0.3) is 0 Å². The smallest absolute Gasteiger partial charge is 0.418 e. The molecule has 1 spiro atoms. The van der Waals surface area contributed by atoms with Crippen molar-refractivity contribution in [3.8, 4) is 0 Å². The van der Waals surface area contributed by atoms with Crippen molar-refractivity contribution < 1.29 is 28.3 Å². The van der Waals surface area contributed by atoms with Gasteiger partial charge in [0.05, 0.1) is 0 Å². The Bertz CT molecular complexity index is 1250. The molecule has 2 N–H and O–H groups in total. The molecule has 2 unspecified atom stereocenters. The summed E-state index contributed by atoms with van der Waals surface area (Å²) < 4.78 is 19.3. The van der Waals surface area contributed by atoms with Crippen molar-refractivity contribution in [2.45, 2.75) is 63.1 Å². The van der Waals surface area contributed by atoms with Crippen LogP contribution >= 0.6 is 0 Å². The minimum absolute atomic E-state index is 0.0622. The molecule has 2 heterocycles. The fraction of sp³-hybridized carbons (Fsp3) is 0.481. The summed E-state index contributed by atoms with van der Waals surface area (Å²) in [6.07, 6.45) is 6.69. The van der Waals surface area contributed by atoms with Gasteiger partial charge < -0.3 is 20.3 Å². The van der Waals surface area contributed by atoms with Crippen LogP contribution in [0.4, 0.5) is 19.7 Å². The van der Waals surface area contributed by atoms with Gasteiger partial charge in [-0.2, -0.15) is 0 Å². The lowest BCUT2D eigenvalue weighted by Crippen LogP contribution is -2.55. The Kier molecular flexibility index (Phi) is 6.08. The molecule has 5 rings (SSSR count). The maximum absolute atomic E-state index is 13.6. The Labute approximate surface area is 214 Å². The van der Waals surface area contributed by atoms with Crippen LogP contribution in [0.2, 0.25) is 0 Å². The molecule has 37 heavy (non-hydrogen) atoms. The van der Waals surface area contributed by atoms with Crippen LogP contribution in [0, 0.1) is 5.92 Å². The second-order valence-electron chi connectivity index (χ2n) is 10.5. The topological polar surface area (TPSA) is 108 Å². The van der Waals surface area contributed by atoms with Crippen LogP contribution < -0.4 is 10.6 Å². The molecular weight excluding hydrogens is 479 g/mol. The van der Waals surface area contributed by atoms with Crippen LogP contribution in [0.3, 0.4) is 0 Å². The van der Waals surface area contributed by atoms with Crippen molar-refractivity contribution in [1.29, 1.82) is 0 Å². The van der Waals surface area contributed by atoms with Crippen LogP contribution in [0.1, 0.15) is 50.7 Å². The highest BCUT2D eigenvalue weighted by Crippen LogP contribution is 2.47. The number of carbonyl (C=O) groups excluding carboxylic acids is 4. The lowest BCUT2D eigenvalue weighted by atomic mass is 9.79. The fourth-order valence-corrected chi connectivity index (χ4v) is 6.34. The van der Waals surface area contributed by atoms with Gasteiger partial charge >= 0.3 is 12.1 Å². The average molecular weight is 511 g/mol. The maximum Gasteiger partial charge on any atom is 0.418 e. The number of carbonyl (C=O) groups is 4. The number of hydrogen-bond donors (Lipinski definition) is 2. The second-order valence-corrected chi connectivity index (χ2v) is 10.5. The first-order valence-corrected chi connectivity index (χ1v) is 12.6. The van der Waals surface area contributed by atoms with Gasteiger partial charge in [-0.3, -0.25) is 9.59 Å². The lowest BCUT2D eigenvalue weighted by molar-refractivity contribution is -0.145. The largest absolute Gasteiger partial charge is 0.427 e. The lowest BCUT2D eigenvalue weighted by Gasteiger charge is -2.43. The summed E-state index contributed by atoms with van der Waals surface area (Å²) >= 11 is 0. The number of likely N-dealkylation sites (tertiary alicyclic amines) is 1. The van der Waals surface area contributed by atoms with E-state index >= 15 is 0 Å². The number of nitrogens with one attached hydrogen (secondary N) is 2. The third-order valence-electron chi connectivity index (χ3n) is 8.32. The number of anilines is 1. The molecule has 0 aromatic heterocycles. The Morgan fingerprint density at radius 3 is 2.73 bits per heavy atom. The zero-order valence-corrected chi connectivity index (χ0v) is 21.2. The van der Waals surface area contributed by atoms with Crippen LogP contribution in [0.15, 0.2) is 42.3 Å². The molecule has 2 fully saturated rings. The van der Waals surface area contributed by atoms with Gasteiger partial charge in [0.1, 0.15) is 12.4 Å². The van der Waals surface area contributed by atoms with Gasteiger partial charge in [-0.25, -0.2) is 18.9 Å². The molecule has 2 aliphatic carbocycles. The number of allylic oxidation sites excluding steroid dienone is 3. The first kappa shape index (κ1) is 25.0. The first-order valence-electron chi connectivity index (χ1n) is 12.6. The van der Waals surface area contributed by atoms with Gasteiger partial charge in [-0.05, 0) is 69.4 Å². The number of urea groups is 1. The van der Waals surface area contributed by atoms with Crippen molar-refractivity contribution in [1.82, 2.24) is 15.1 Å². The van der Waals surface area contributed by atoms with Crippen molar-refractivity contribution in [2.24, 2.45) is 5.92 Å². The molecule has 4 aliphatic rings. The van der Waals surface area contributed by atoms with E-state index in [-0.39, 0.29) is 36.1 Å². The Morgan fingerprint density at radius 2 is 2.03 bits per heavy atom. The number of imide groups is 1. The summed E-state index contributed by atoms with van der Waals surface area (Å²) in [7, 11) is 1.51. The number of benzene rings is 1. The molecule has 1 aromatic carbocycles. The third kappa shape index (κ3) is 3.98. The SMILES string of the molecule is CNC(=O)Nc1ccc2c(c1)CCC21OC(=O)N(CC(=O)N2[C@H](C)CC[C@@]2(C)C2C=CC(F)=CC2)C1=O. The van der Waals surface area contributed by atoms with E-state index in [1.165, 1.54) is 19.2 Å². The van der Waals surface area contributed by atoms with Crippen LogP contribution in [0.5, 0.6) is 0 Å². The average Bonchev–Trinajstić information content (AvgIpc) is 3.47. The van der Waals surface area contributed by atoms with E-state index in [1.807, 2.05) is 13.8 Å². The molecule has 0 bridgehead atoms. The summed E-state index contributed by atoms with van der Waals surface area (Å²) in [6, 6.07) is 4.66. The summed E-state index contributed by atoms with van der Waals surface area (Å²) in [4.78, 5) is 54.5. The van der Waals surface area contributed by atoms with E-state index in [4.69, 9.17) is 4.74 Å². The van der Waals surface area contributed by atoms with Crippen molar-refractivity contribution in [3.05, 3.63) is 53.4 Å². The Balaban J connectivity index is 1.35. The predicted molar refractivity (Wildman–Crippen MR) is 133 cm³/mol. The molecule has 0 saturated carbocycles. The van der Waals surface area contributed by atoms with Crippen LogP contribution in [-0.2, 0) is 26.3 Å². The monoisotopic (exact) mass is 510 g/mol. The van der Waals surface area contributed by atoms with E-state index in [9.17, 15) is 23.6 Å². The summed E-state index contributed by atoms with van der Waals surface area (Å²) in [6.45, 7) is 3.53. The van der Waals surface area contributed by atoms with Gasteiger partial charge in [-0.1, -0.05) is 12.1 Å². The molecule has 4 atom stereocenters. The first-order chi connectivity index (χ1) is 17.6. The number of ether oxygens (including phenoxy) is 1. The third-order valence-corrected chi connectivity index (χ3v) is 8.32. The van der Waals surface area contributed by atoms with E-state index in [0.29, 0.717) is 24.1 Å². The minimum Gasteiger partial charge on any atom is -0.427 e. The summed E-state index contributed by atoms with van der Waals surface area (Å²) in [5, 5.41) is 5.18. The number of hydrogen-bond acceptors (Lipinski definition) is 5. The number of rotatable bonds is 4. The minimum atomic E-state index is -1.47. The quantitative estimate of drug-likeness (QED) is 0.641. The second kappa shape index (κ2) is 9.00. The highest BCUT2D eigenvalue weighted by Gasteiger charge is 2.59. The molecule has 2 aliphatic heterocycles. The number of aryl methyl sites for hydroxylation is 1. The van der Waals surface area contributed by atoms with Gasteiger partial charge in [-0.15, -0.1) is 0 Å². The van der Waals surface area contributed by atoms with Gasteiger partial charge in [0.25, 0.3) is 5.91 Å². The molecule has 2 saturated heterocycles. The standard InChI is InChI=1S/C27H31FN4O5/c1-16-10-12-26(2,18-4-6-19(28)7-5-18)32(16)22(33)15-31-23(34)27(37-25(31)36)13-11-17-14-20(8-9-21(17)27)30-24(35)29-3/h4,6-9,14,16,18H,5,10-13,15H2,1-3H3,(H2,29,30,35)/t16-,18?,26+,27?/m1/s1. The van der Waals surface area contributed by atoms with E-state index in [1.54, 1.807) is 29.2 Å². The van der Waals surface area contributed by atoms with Gasteiger partial charge in [0, 0.05) is 42.2 Å². The van der Waals surface area contributed by atoms with Crippen molar-refractivity contribution >= 4 is 29.6 Å². The van der Waals surface area contributed by atoms with Crippen LogP contribution in [-0.4, -0.2) is 58.9 Å². The summed E-state index contributed by atoms with van der Waals surface area (Å²) in [5.41, 5.74) is -0.0835. The normalized spacial score (nSPS) is 30.4. The molecule has 1 aromatic rings. The molecule has 196 valence electrons. The highest BCUT2D eigenvalue weighted by atomic mass is 19.1. The highest BCUT2D eigenvalue weighted by molar-refractivity contribution is 6.06. The Morgan fingerprint density at radius 1 is 1.24 bits per heavy atom. The molecule has 9 nitrogen and oxygen atoms in total. The number of amides is 5. The van der Waals surface area contributed by atoms with Crippen molar-refractivity contribution in [3.63, 3.8) is 0 Å². The zero-order chi connectivity index (χ0) is 26.5. The maximum atomic E-state index is 13.6. The predicted octanol–water partition coefficient (Wildman–Crippen LogP) is 3.76. The zero-order valence-electron chi connectivity index (χ0n) is 21.2. The number of halogens is 1. The van der Waals surface area contributed by atoms with Gasteiger partial charge in [0.15, 0.2) is 0 Å². The molecular formula is C27H31FN4O5. The Hall–Kier alpha value is -3.69. The fourth-order valence-electron chi connectivity index (χ4n) is 6.34. The van der Waals surface area contributed by atoms with Gasteiger partial charge in [0.2, 0.25) is 11.5 Å². The molecule has 10 heteroatoms. The van der Waals surface area contributed by atoms with Crippen molar-refractivity contribution in [2.75, 3.05) is 18.9 Å². The van der Waals surface area contributed by atoms with E-state index in [2.05, 4.69) is 10.6 Å². The van der Waals surface area contributed by atoms with E-state index < -0.39 is 29.7 Å². The van der Waals surface area contributed by atoms with E-state index in [0.717, 1.165) is 23.3 Å². The molecule has 5 amide bonds. The number of nitrogens with zero attached hydrogens (tertiary/aromatic N) is 2. The summed E-state index contributed by atoms with van der Waals surface area (Å²) in [5.74, 6) is -1.23.